The van der Waals surface area contributed by atoms with Crippen LogP contribution < -0.4 is 10.1 Å². The molecule has 0 unspecified atom stereocenters. The quantitative estimate of drug-likeness (QED) is 0.335. The van der Waals surface area contributed by atoms with E-state index in [0.717, 1.165) is 37.7 Å². The average Bonchev–Trinajstić information content (AvgIpc) is 3.36. The number of carbonyl (C=O) groups excluding carboxylic acids is 1. The molecule has 33 heavy (non-hydrogen) atoms. The van der Waals surface area contributed by atoms with E-state index in [1.165, 1.54) is 23.5 Å². The number of benzene rings is 3. The first kappa shape index (κ1) is 21.2. The van der Waals surface area contributed by atoms with Crippen molar-refractivity contribution in [3.8, 4) is 17.0 Å². The number of hydrogen-bond donors (Lipinski definition) is 1. The Kier molecular flexibility index (Phi) is 5.56. The van der Waals surface area contributed by atoms with Gasteiger partial charge in [-0.05, 0) is 74.0 Å². The van der Waals surface area contributed by atoms with Gasteiger partial charge in [0, 0.05) is 23.9 Å². The molecular formula is C26H22FN3O2S. The first-order chi connectivity index (χ1) is 16.0. The Morgan fingerprint density at radius 3 is 2.58 bits per heavy atom. The molecule has 166 valence electrons. The van der Waals surface area contributed by atoms with Crippen molar-refractivity contribution >= 4 is 32.4 Å². The Bertz CT molecular complexity index is 1440. The average molecular weight is 460 g/mol. The first-order valence-electron chi connectivity index (χ1n) is 10.7. The van der Waals surface area contributed by atoms with Gasteiger partial charge in [0.25, 0.3) is 5.91 Å². The van der Waals surface area contributed by atoms with Gasteiger partial charge >= 0.3 is 0 Å². The van der Waals surface area contributed by atoms with Crippen molar-refractivity contribution in [3.05, 3.63) is 89.9 Å². The lowest BCUT2D eigenvalue weighted by molar-refractivity contribution is 0.0951. The highest BCUT2D eigenvalue weighted by Gasteiger charge is 2.13. The highest BCUT2D eigenvalue weighted by molar-refractivity contribution is 7.23. The van der Waals surface area contributed by atoms with E-state index in [4.69, 9.17) is 4.74 Å². The van der Waals surface area contributed by atoms with Gasteiger partial charge in [-0.25, -0.2) is 9.37 Å². The van der Waals surface area contributed by atoms with Crippen LogP contribution in [-0.4, -0.2) is 21.4 Å². The van der Waals surface area contributed by atoms with Gasteiger partial charge in [0.1, 0.15) is 11.6 Å². The van der Waals surface area contributed by atoms with Gasteiger partial charge in [0.05, 0.1) is 22.0 Å². The Morgan fingerprint density at radius 1 is 1.09 bits per heavy atom. The smallest absolute Gasteiger partial charge is 0.251 e. The fraction of sp³-hybridized carbons (Fsp3) is 0.154. The van der Waals surface area contributed by atoms with E-state index in [-0.39, 0.29) is 17.8 Å². The lowest BCUT2D eigenvalue weighted by Gasteiger charge is -2.10. The van der Waals surface area contributed by atoms with Gasteiger partial charge in [0.15, 0.2) is 4.96 Å². The molecule has 3 aromatic carbocycles. The van der Waals surface area contributed by atoms with Gasteiger partial charge < -0.3 is 10.1 Å². The van der Waals surface area contributed by atoms with Crippen LogP contribution in [0.25, 0.3) is 26.4 Å². The van der Waals surface area contributed by atoms with E-state index in [1.807, 2.05) is 66.9 Å². The molecule has 0 fully saturated rings. The SMILES string of the molecule is CC(C)Oc1ccc(CNC(=O)c2ccc3c(c2)sc2nc(-c4ccc(F)cc4)cn23)cc1. The van der Waals surface area contributed by atoms with Crippen LogP contribution in [0, 0.1) is 5.82 Å². The molecule has 0 aliphatic rings. The molecule has 1 amide bonds. The van der Waals surface area contributed by atoms with E-state index >= 15 is 0 Å². The Morgan fingerprint density at radius 2 is 1.85 bits per heavy atom. The van der Waals surface area contributed by atoms with Gasteiger partial charge in [-0.3, -0.25) is 9.20 Å². The molecule has 5 aromatic rings. The van der Waals surface area contributed by atoms with Crippen molar-refractivity contribution in [2.45, 2.75) is 26.5 Å². The summed E-state index contributed by atoms with van der Waals surface area (Å²) in [5.41, 5.74) is 4.23. The first-order valence-corrected chi connectivity index (χ1v) is 11.5. The summed E-state index contributed by atoms with van der Waals surface area (Å²) < 4.78 is 21.8. The van der Waals surface area contributed by atoms with Gasteiger partial charge in [0.2, 0.25) is 0 Å². The molecule has 2 aromatic heterocycles. The maximum Gasteiger partial charge on any atom is 0.251 e. The molecule has 0 bridgehead atoms. The monoisotopic (exact) mass is 459 g/mol. The summed E-state index contributed by atoms with van der Waals surface area (Å²) in [6.07, 6.45) is 2.06. The predicted molar refractivity (Wildman–Crippen MR) is 129 cm³/mol. The summed E-state index contributed by atoms with van der Waals surface area (Å²) in [7, 11) is 0. The zero-order chi connectivity index (χ0) is 22.9. The van der Waals surface area contributed by atoms with E-state index in [9.17, 15) is 9.18 Å². The lowest BCUT2D eigenvalue weighted by Crippen LogP contribution is -2.22. The summed E-state index contributed by atoms with van der Waals surface area (Å²) in [6.45, 7) is 4.41. The molecule has 5 nitrogen and oxygen atoms in total. The number of nitrogens with one attached hydrogen (secondary N) is 1. The van der Waals surface area contributed by atoms with Crippen LogP contribution in [0.1, 0.15) is 29.8 Å². The third kappa shape index (κ3) is 4.45. The molecular weight excluding hydrogens is 437 g/mol. The zero-order valence-electron chi connectivity index (χ0n) is 18.2. The molecule has 0 saturated carbocycles. The fourth-order valence-electron chi connectivity index (χ4n) is 3.64. The standard InChI is InChI=1S/C26H22FN3O2S/c1-16(2)32-21-10-3-17(4-11-21)14-28-25(31)19-7-12-23-24(13-19)33-26-29-22(15-30(23)26)18-5-8-20(27)9-6-18/h3-13,15-16H,14H2,1-2H3,(H,28,31). The Hall–Kier alpha value is -3.71. The third-order valence-electron chi connectivity index (χ3n) is 5.24. The van der Waals surface area contributed by atoms with Crippen LogP contribution in [-0.2, 0) is 6.54 Å². The van der Waals surface area contributed by atoms with Crippen molar-refractivity contribution in [2.24, 2.45) is 0 Å². The summed E-state index contributed by atoms with van der Waals surface area (Å²) in [5.74, 6) is 0.418. The number of amides is 1. The number of nitrogens with zero attached hydrogens (tertiary/aromatic N) is 2. The summed E-state index contributed by atoms with van der Waals surface area (Å²) in [6, 6.07) is 19.7. The molecule has 0 radical (unpaired) electrons. The van der Waals surface area contributed by atoms with Crippen molar-refractivity contribution < 1.29 is 13.9 Å². The van der Waals surface area contributed by atoms with Crippen molar-refractivity contribution in [3.63, 3.8) is 0 Å². The van der Waals surface area contributed by atoms with E-state index in [1.54, 1.807) is 12.1 Å². The molecule has 2 heterocycles. The summed E-state index contributed by atoms with van der Waals surface area (Å²) in [5, 5.41) is 2.97. The number of thiazole rings is 1. The lowest BCUT2D eigenvalue weighted by atomic mass is 10.1. The highest BCUT2D eigenvalue weighted by Crippen LogP contribution is 2.30. The number of ether oxygens (including phenoxy) is 1. The minimum absolute atomic E-state index is 0.125. The third-order valence-corrected chi connectivity index (χ3v) is 6.26. The highest BCUT2D eigenvalue weighted by atomic mass is 32.1. The van der Waals surface area contributed by atoms with E-state index in [0.29, 0.717) is 12.1 Å². The molecule has 0 aliphatic heterocycles. The number of carbonyl (C=O) groups is 1. The van der Waals surface area contributed by atoms with Gasteiger partial charge in [-0.2, -0.15) is 0 Å². The van der Waals surface area contributed by atoms with Crippen molar-refractivity contribution in [1.29, 1.82) is 0 Å². The van der Waals surface area contributed by atoms with Gasteiger partial charge in [-0.15, -0.1) is 0 Å². The van der Waals surface area contributed by atoms with Crippen LogP contribution in [0.2, 0.25) is 0 Å². The number of halogens is 1. The second-order valence-corrected chi connectivity index (χ2v) is 9.07. The molecule has 0 aliphatic carbocycles. The second kappa shape index (κ2) is 8.67. The molecule has 7 heteroatoms. The second-order valence-electron chi connectivity index (χ2n) is 8.06. The number of hydrogen-bond acceptors (Lipinski definition) is 4. The molecule has 1 N–H and O–H groups in total. The van der Waals surface area contributed by atoms with E-state index in [2.05, 4.69) is 10.3 Å². The van der Waals surface area contributed by atoms with E-state index < -0.39 is 0 Å². The van der Waals surface area contributed by atoms with Crippen molar-refractivity contribution in [1.82, 2.24) is 14.7 Å². The van der Waals surface area contributed by atoms with Crippen LogP contribution in [0.15, 0.2) is 72.9 Å². The number of imidazole rings is 1. The Labute approximate surface area is 194 Å². The van der Waals surface area contributed by atoms with Crippen molar-refractivity contribution in [2.75, 3.05) is 0 Å². The minimum atomic E-state index is -0.270. The topological polar surface area (TPSA) is 55.6 Å². The summed E-state index contributed by atoms with van der Waals surface area (Å²) >= 11 is 1.52. The number of aromatic nitrogens is 2. The number of rotatable bonds is 6. The van der Waals surface area contributed by atoms with Crippen LogP contribution in [0.3, 0.4) is 0 Å². The summed E-state index contributed by atoms with van der Waals surface area (Å²) in [4.78, 5) is 18.2. The number of fused-ring (bicyclic) bond motifs is 3. The Balaban J connectivity index is 1.31. The van der Waals surface area contributed by atoms with Gasteiger partial charge in [-0.1, -0.05) is 23.5 Å². The predicted octanol–water partition coefficient (Wildman–Crippen LogP) is 6.07. The molecule has 0 spiro atoms. The molecule has 0 atom stereocenters. The molecule has 0 saturated heterocycles. The normalized spacial score (nSPS) is 11.4. The van der Waals surface area contributed by atoms with Crippen LogP contribution >= 0.6 is 11.3 Å². The maximum absolute atomic E-state index is 13.2. The maximum atomic E-state index is 13.2. The van der Waals surface area contributed by atoms with Crippen LogP contribution in [0.5, 0.6) is 5.75 Å². The largest absolute Gasteiger partial charge is 0.491 e. The minimum Gasteiger partial charge on any atom is -0.491 e. The fourth-order valence-corrected chi connectivity index (χ4v) is 4.69. The van der Waals surface area contributed by atoms with Crippen LogP contribution in [0.4, 0.5) is 4.39 Å². The zero-order valence-corrected chi connectivity index (χ0v) is 19.0. The molecule has 5 rings (SSSR count).